The zero-order valence-electron chi connectivity index (χ0n) is 18.2. The summed E-state index contributed by atoms with van der Waals surface area (Å²) in [7, 11) is 0. The van der Waals surface area contributed by atoms with Crippen LogP contribution in [-0.4, -0.2) is 58.4 Å². The summed E-state index contributed by atoms with van der Waals surface area (Å²) in [5.74, 6) is -0.678. The van der Waals surface area contributed by atoms with Gasteiger partial charge in [-0.25, -0.2) is 4.79 Å². The van der Waals surface area contributed by atoms with E-state index in [1.54, 1.807) is 32.0 Å². The van der Waals surface area contributed by atoms with Crippen LogP contribution in [0.25, 0.3) is 0 Å². The summed E-state index contributed by atoms with van der Waals surface area (Å²) < 4.78 is 28.9. The maximum atomic E-state index is 12.6. The predicted octanol–water partition coefficient (Wildman–Crippen LogP) is 2.77. The van der Waals surface area contributed by atoms with Crippen LogP contribution in [0, 0.1) is 0 Å². The zero-order valence-corrected chi connectivity index (χ0v) is 19.1. The van der Waals surface area contributed by atoms with E-state index in [1.165, 1.54) is 11.8 Å². The molecule has 0 bridgehead atoms. The van der Waals surface area contributed by atoms with E-state index >= 15 is 0 Å². The number of rotatable bonds is 4. The molecule has 9 heteroatoms. The molecule has 0 aromatic heterocycles. The molecule has 2 N–H and O–H groups in total. The summed E-state index contributed by atoms with van der Waals surface area (Å²) in [6.45, 7) is 3.58. The summed E-state index contributed by atoms with van der Waals surface area (Å²) in [4.78, 5) is 12.6. The highest BCUT2D eigenvalue weighted by molar-refractivity contribution is 7.99. The van der Waals surface area contributed by atoms with Gasteiger partial charge < -0.3 is 33.9 Å². The first-order valence-electron chi connectivity index (χ1n) is 10.8. The van der Waals surface area contributed by atoms with Gasteiger partial charge in [0.2, 0.25) is 5.79 Å². The molecule has 0 unspecified atom stereocenters. The second kappa shape index (κ2) is 8.90. The van der Waals surface area contributed by atoms with E-state index in [0.717, 1.165) is 5.56 Å². The van der Waals surface area contributed by atoms with Crippen molar-refractivity contribution in [2.75, 3.05) is 6.61 Å². The SMILES string of the molecule is CC1(C)OC(=O)c2c(CS[C@@H]3O[C@@H]4CO[C@@H](c5ccccc5)O[C@H]4[C@H](O)[C@H]3O)cccc2O1. The minimum absolute atomic E-state index is 0.223. The fourth-order valence-electron chi connectivity index (χ4n) is 4.24. The Kier molecular flexibility index (Phi) is 6.11. The molecule has 2 aromatic carbocycles. The molecule has 0 saturated carbocycles. The van der Waals surface area contributed by atoms with Crippen LogP contribution in [0.15, 0.2) is 48.5 Å². The van der Waals surface area contributed by atoms with Crippen LogP contribution in [-0.2, 0) is 24.7 Å². The Bertz CT molecular complexity index is 1010. The number of benzene rings is 2. The molecule has 2 aromatic rings. The van der Waals surface area contributed by atoms with E-state index in [4.69, 9.17) is 23.7 Å². The van der Waals surface area contributed by atoms with Crippen LogP contribution in [0.5, 0.6) is 5.75 Å². The fourth-order valence-corrected chi connectivity index (χ4v) is 5.40. The molecule has 0 spiro atoms. The number of fused-ring (bicyclic) bond motifs is 2. The highest BCUT2D eigenvalue weighted by Gasteiger charge is 2.49. The Morgan fingerprint density at radius 1 is 1.00 bits per heavy atom. The molecule has 3 aliphatic heterocycles. The number of ether oxygens (including phenoxy) is 5. The molecular weight excluding hydrogens is 448 g/mol. The smallest absolute Gasteiger partial charge is 0.345 e. The first-order valence-corrected chi connectivity index (χ1v) is 11.9. The second-order valence-corrected chi connectivity index (χ2v) is 9.78. The lowest BCUT2D eigenvalue weighted by molar-refractivity contribution is -0.318. The molecule has 176 valence electrons. The van der Waals surface area contributed by atoms with Crippen molar-refractivity contribution in [3.63, 3.8) is 0 Å². The molecule has 5 rings (SSSR count). The van der Waals surface area contributed by atoms with Crippen LogP contribution >= 0.6 is 11.8 Å². The van der Waals surface area contributed by atoms with Gasteiger partial charge in [-0.1, -0.05) is 42.5 Å². The van der Waals surface area contributed by atoms with Gasteiger partial charge in [0.15, 0.2) is 6.29 Å². The van der Waals surface area contributed by atoms with Gasteiger partial charge in [0, 0.05) is 25.2 Å². The summed E-state index contributed by atoms with van der Waals surface area (Å²) in [6, 6.07) is 14.8. The lowest BCUT2D eigenvalue weighted by Gasteiger charge is -2.46. The number of aliphatic hydroxyl groups is 2. The Hall–Kier alpha value is -2.14. The molecule has 6 atom stereocenters. The monoisotopic (exact) mass is 474 g/mol. The standard InChI is InChI=1S/C24H26O8S/c1-24(2)31-15-10-6-9-14(17(15)21(27)32-24)12-33-23-19(26)18(25)20-16(29-23)11-28-22(30-20)13-7-4-3-5-8-13/h3-10,16,18-20,22-23,25-26H,11-12H2,1-2H3/t16-,18-,19-,20-,22-,23+/m1/s1. The van der Waals surface area contributed by atoms with E-state index < -0.39 is 47.9 Å². The van der Waals surface area contributed by atoms with Gasteiger partial charge in [0.25, 0.3) is 0 Å². The van der Waals surface area contributed by atoms with Crippen molar-refractivity contribution < 1.29 is 38.7 Å². The van der Waals surface area contributed by atoms with Crippen LogP contribution in [0.2, 0.25) is 0 Å². The van der Waals surface area contributed by atoms with Crippen LogP contribution in [0.4, 0.5) is 0 Å². The lowest BCUT2D eigenvalue weighted by Crippen LogP contribution is -2.60. The fraction of sp³-hybridized carbons (Fsp3) is 0.458. The highest BCUT2D eigenvalue weighted by atomic mass is 32.2. The Balaban J connectivity index is 1.26. The Morgan fingerprint density at radius 3 is 2.58 bits per heavy atom. The van der Waals surface area contributed by atoms with Crippen molar-refractivity contribution in [1.29, 1.82) is 0 Å². The van der Waals surface area contributed by atoms with Gasteiger partial charge in [-0.05, 0) is 11.6 Å². The van der Waals surface area contributed by atoms with E-state index in [1.807, 2.05) is 30.3 Å². The molecule has 0 aliphatic carbocycles. The molecule has 3 heterocycles. The van der Waals surface area contributed by atoms with Crippen molar-refractivity contribution in [2.45, 2.75) is 61.5 Å². The molecule has 33 heavy (non-hydrogen) atoms. The highest BCUT2D eigenvalue weighted by Crippen LogP contribution is 2.39. The van der Waals surface area contributed by atoms with E-state index in [2.05, 4.69) is 0 Å². The minimum Gasteiger partial charge on any atom is -0.452 e. The molecule has 8 nitrogen and oxygen atoms in total. The number of thioether (sulfide) groups is 1. The van der Waals surface area contributed by atoms with Gasteiger partial charge >= 0.3 is 5.97 Å². The van der Waals surface area contributed by atoms with Gasteiger partial charge in [-0.15, -0.1) is 11.8 Å². The number of esters is 1. The number of hydrogen-bond acceptors (Lipinski definition) is 9. The lowest BCUT2D eigenvalue weighted by atomic mass is 9.99. The second-order valence-electron chi connectivity index (χ2n) is 8.69. The largest absolute Gasteiger partial charge is 0.452 e. The topological polar surface area (TPSA) is 104 Å². The predicted molar refractivity (Wildman–Crippen MR) is 119 cm³/mol. The molecule has 0 radical (unpaired) electrons. The van der Waals surface area contributed by atoms with Crippen LogP contribution in [0.3, 0.4) is 0 Å². The van der Waals surface area contributed by atoms with Gasteiger partial charge in [-0.3, -0.25) is 0 Å². The quantitative estimate of drug-likeness (QED) is 0.648. The molecule has 2 fully saturated rings. The van der Waals surface area contributed by atoms with E-state index in [-0.39, 0.29) is 6.61 Å². The average Bonchev–Trinajstić information content (AvgIpc) is 2.80. The third-order valence-corrected chi connectivity index (χ3v) is 7.02. The molecule has 0 amide bonds. The van der Waals surface area contributed by atoms with Crippen molar-refractivity contribution in [3.8, 4) is 5.75 Å². The molecular formula is C24H26O8S. The van der Waals surface area contributed by atoms with Crippen molar-refractivity contribution >= 4 is 17.7 Å². The Morgan fingerprint density at radius 2 is 1.79 bits per heavy atom. The third-order valence-electron chi connectivity index (χ3n) is 5.82. The van der Waals surface area contributed by atoms with Gasteiger partial charge in [0.05, 0.1) is 6.61 Å². The maximum Gasteiger partial charge on any atom is 0.345 e. The third kappa shape index (κ3) is 4.49. The number of carbonyl (C=O) groups is 1. The Labute approximate surface area is 195 Å². The number of carbonyl (C=O) groups excluding carboxylic acids is 1. The van der Waals surface area contributed by atoms with Crippen molar-refractivity contribution in [1.82, 2.24) is 0 Å². The first-order chi connectivity index (χ1) is 15.8. The van der Waals surface area contributed by atoms with Crippen molar-refractivity contribution in [2.24, 2.45) is 0 Å². The van der Waals surface area contributed by atoms with Gasteiger partial charge in [-0.2, -0.15) is 0 Å². The van der Waals surface area contributed by atoms with Crippen LogP contribution in [0.1, 0.15) is 41.6 Å². The van der Waals surface area contributed by atoms with E-state index in [0.29, 0.717) is 22.6 Å². The van der Waals surface area contributed by atoms with Crippen LogP contribution < -0.4 is 4.74 Å². The molecule has 2 saturated heterocycles. The summed E-state index contributed by atoms with van der Waals surface area (Å²) >= 11 is 1.28. The van der Waals surface area contributed by atoms with Crippen molar-refractivity contribution in [3.05, 3.63) is 65.2 Å². The average molecular weight is 475 g/mol. The number of cyclic esters (lactones) is 1. The summed E-state index contributed by atoms with van der Waals surface area (Å²) in [6.07, 6.45) is -4.19. The number of aliphatic hydroxyl groups excluding tert-OH is 2. The molecule has 3 aliphatic rings. The number of hydrogen-bond donors (Lipinski definition) is 2. The summed E-state index contributed by atoms with van der Waals surface area (Å²) in [5.41, 5.74) is 1.17. The minimum atomic E-state index is -1.17. The normalized spacial score (nSPS) is 32.8. The first kappa shape index (κ1) is 22.6. The van der Waals surface area contributed by atoms with E-state index in [9.17, 15) is 15.0 Å². The maximum absolute atomic E-state index is 12.6. The summed E-state index contributed by atoms with van der Waals surface area (Å²) in [5, 5.41) is 21.5. The zero-order chi connectivity index (χ0) is 23.2. The van der Waals surface area contributed by atoms with Gasteiger partial charge in [0.1, 0.15) is 41.2 Å².